The maximum absolute atomic E-state index is 11.7. The van der Waals surface area contributed by atoms with Crippen LogP contribution in [0.3, 0.4) is 0 Å². The molecule has 0 spiro atoms. The summed E-state index contributed by atoms with van der Waals surface area (Å²) in [5.41, 5.74) is 1.32. The molecule has 1 aromatic carbocycles. The number of hydrogen-bond acceptors (Lipinski definition) is 2. The Hall–Kier alpha value is -0.870. The number of likely N-dealkylation sites (tertiary alicyclic amines) is 1. The van der Waals surface area contributed by atoms with Gasteiger partial charge in [0, 0.05) is 36.6 Å². The van der Waals surface area contributed by atoms with Crippen LogP contribution in [0.4, 0.5) is 0 Å². The smallest absolute Gasteiger partial charge is 0.222 e. The molecule has 0 bridgehead atoms. The van der Waals surface area contributed by atoms with Crippen LogP contribution in [0.25, 0.3) is 0 Å². The summed E-state index contributed by atoms with van der Waals surface area (Å²) < 4.78 is 1.16. The molecule has 1 aliphatic heterocycles. The zero-order valence-electron chi connectivity index (χ0n) is 13.0. The molecule has 1 amide bonds. The summed E-state index contributed by atoms with van der Waals surface area (Å²) in [6.07, 6.45) is 2.88. The third-order valence-electron chi connectivity index (χ3n) is 4.24. The molecule has 1 atom stereocenters. The molecule has 0 N–H and O–H groups in total. The molecule has 0 saturated carbocycles. The Bertz CT molecular complexity index is 478. The molecule has 1 unspecified atom stereocenters. The summed E-state index contributed by atoms with van der Waals surface area (Å²) in [5.74, 6) is 0.319. The molecule has 1 heterocycles. The van der Waals surface area contributed by atoms with Gasteiger partial charge in [0.15, 0.2) is 0 Å². The molecule has 4 heteroatoms. The van der Waals surface area contributed by atoms with Crippen molar-refractivity contribution in [1.82, 2.24) is 9.80 Å². The molecular weight excluding hydrogens is 328 g/mol. The average molecular weight is 353 g/mol. The minimum absolute atomic E-state index is 0.319. The topological polar surface area (TPSA) is 23.6 Å². The highest BCUT2D eigenvalue weighted by Gasteiger charge is 2.22. The molecule has 0 radical (unpaired) electrons. The van der Waals surface area contributed by atoms with Gasteiger partial charge in [-0.25, -0.2) is 0 Å². The van der Waals surface area contributed by atoms with Gasteiger partial charge in [-0.15, -0.1) is 0 Å². The first-order valence-corrected chi connectivity index (χ1v) is 8.69. The quantitative estimate of drug-likeness (QED) is 0.744. The molecule has 1 fully saturated rings. The van der Waals surface area contributed by atoms with Crippen molar-refractivity contribution in [3.63, 3.8) is 0 Å². The van der Waals surface area contributed by atoms with E-state index in [4.69, 9.17) is 0 Å². The molecular formula is C17H25BrN2O. The maximum atomic E-state index is 11.7. The molecule has 0 aliphatic carbocycles. The van der Waals surface area contributed by atoms with E-state index in [0.29, 0.717) is 11.9 Å². The van der Waals surface area contributed by atoms with E-state index in [1.807, 2.05) is 11.0 Å². The lowest BCUT2D eigenvalue weighted by Crippen LogP contribution is -2.37. The van der Waals surface area contributed by atoms with Crippen LogP contribution < -0.4 is 0 Å². The van der Waals surface area contributed by atoms with Gasteiger partial charge in [-0.2, -0.15) is 0 Å². The van der Waals surface area contributed by atoms with Gasteiger partial charge in [0.2, 0.25) is 5.91 Å². The predicted octanol–water partition coefficient (Wildman–Crippen LogP) is 3.84. The minimum atomic E-state index is 0.319. The average Bonchev–Trinajstić information content (AvgIpc) is 2.89. The standard InChI is InChI=1S/C17H25BrN2O/c1-3-10-19(12-13-20-11-6-9-17(20)21)14(2)15-7-4-5-8-16(15)18/h4-5,7-8,14H,3,6,9-13H2,1-2H3. The number of carbonyl (C=O) groups excluding carboxylic acids is 1. The largest absolute Gasteiger partial charge is 0.341 e. The van der Waals surface area contributed by atoms with E-state index in [-0.39, 0.29) is 0 Å². The van der Waals surface area contributed by atoms with Gasteiger partial charge in [0.1, 0.15) is 0 Å². The first-order chi connectivity index (χ1) is 10.1. The van der Waals surface area contributed by atoms with E-state index in [9.17, 15) is 4.79 Å². The Kier molecular flexibility index (Phi) is 6.24. The number of nitrogens with zero attached hydrogens (tertiary/aromatic N) is 2. The van der Waals surface area contributed by atoms with Gasteiger partial charge in [-0.3, -0.25) is 9.69 Å². The Morgan fingerprint density at radius 2 is 2.10 bits per heavy atom. The van der Waals surface area contributed by atoms with Crippen LogP contribution in [0.2, 0.25) is 0 Å². The lowest BCUT2D eigenvalue weighted by Gasteiger charge is -2.31. The zero-order chi connectivity index (χ0) is 15.2. The minimum Gasteiger partial charge on any atom is -0.341 e. The molecule has 2 rings (SSSR count). The number of amides is 1. The lowest BCUT2D eigenvalue weighted by atomic mass is 10.1. The third-order valence-corrected chi connectivity index (χ3v) is 4.96. The highest BCUT2D eigenvalue weighted by atomic mass is 79.9. The summed E-state index contributed by atoms with van der Waals surface area (Å²) in [4.78, 5) is 16.2. The maximum Gasteiger partial charge on any atom is 0.222 e. The molecule has 116 valence electrons. The van der Waals surface area contributed by atoms with Crippen molar-refractivity contribution in [3.8, 4) is 0 Å². The van der Waals surface area contributed by atoms with Gasteiger partial charge in [-0.1, -0.05) is 41.1 Å². The van der Waals surface area contributed by atoms with Crippen molar-refractivity contribution >= 4 is 21.8 Å². The van der Waals surface area contributed by atoms with Crippen molar-refractivity contribution in [1.29, 1.82) is 0 Å². The third kappa shape index (κ3) is 4.30. The molecule has 1 saturated heterocycles. The van der Waals surface area contributed by atoms with Gasteiger partial charge >= 0.3 is 0 Å². The number of halogens is 1. The Balaban J connectivity index is 2.00. The SMILES string of the molecule is CCCN(CCN1CCCC1=O)C(C)c1ccccc1Br. The fourth-order valence-electron chi connectivity index (χ4n) is 2.99. The first kappa shape index (κ1) is 16.5. The molecule has 21 heavy (non-hydrogen) atoms. The van der Waals surface area contributed by atoms with Gasteiger partial charge < -0.3 is 4.90 Å². The Morgan fingerprint density at radius 3 is 2.71 bits per heavy atom. The van der Waals surface area contributed by atoms with E-state index < -0.39 is 0 Å². The summed E-state index contributed by atoms with van der Waals surface area (Å²) in [5, 5.41) is 0. The monoisotopic (exact) mass is 352 g/mol. The second-order valence-corrected chi connectivity index (χ2v) is 6.57. The van der Waals surface area contributed by atoms with E-state index in [1.54, 1.807) is 0 Å². The Morgan fingerprint density at radius 1 is 1.33 bits per heavy atom. The zero-order valence-corrected chi connectivity index (χ0v) is 14.6. The Labute approximate surface area is 136 Å². The van der Waals surface area contributed by atoms with Gasteiger partial charge in [-0.05, 0) is 37.9 Å². The summed E-state index contributed by atoms with van der Waals surface area (Å²) in [6.45, 7) is 8.25. The lowest BCUT2D eigenvalue weighted by molar-refractivity contribution is -0.127. The predicted molar refractivity (Wildman–Crippen MR) is 90.2 cm³/mol. The van der Waals surface area contributed by atoms with Crippen molar-refractivity contribution in [2.24, 2.45) is 0 Å². The van der Waals surface area contributed by atoms with E-state index >= 15 is 0 Å². The first-order valence-electron chi connectivity index (χ1n) is 7.89. The van der Waals surface area contributed by atoms with Crippen molar-refractivity contribution in [2.45, 2.75) is 39.2 Å². The summed E-state index contributed by atoms with van der Waals surface area (Å²) in [6, 6.07) is 8.77. The fourth-order valence-corrected chi connectivity index (χ4v) is 3.60. The van der Waals surface area contributed by atoms with Crippen LogP contribution in [0.5, 0.6) is 0 Å². The molecule has 1 aliphatic rings. The van der Waals surface area contributed by atoms with Gasteiger partial charge in [0.05, 0.1) is 0 Å². The van der Waals surface area contributed by atoms with Crippen LogP contribution in [0.1, 0.15) is 44.7 Å². The fraction of sp³-hybridized carbons (Fsp3) is 0.588. The normalized spacial score (nSPS) is 16.8. The van der Waals surface area contributed by atoms with Crippen molar-refractivity contribution < 1.29 is 4.79 Å². The number of rotatable bonds is 7. The van der Waals surface area contributed by atoms with Crippen molar-refractivity contribution in [2.75, 3.05) is 26.2 Å². The van der Waals surface area contributed by atoms with Crippen LogP contribution >= 0.6 is 15.9 Å². The number of carbonyl (C=O) groups is 1. The summed E-state index contributed by atoms with van der Waals surface area (Å²) >= 11 is 3.65. The number of benzene rings is 1. The highest BCUT2D eigenvalue weighted by molar-refractivity contribution is 9.10. The molecule has 0 aromatic heterocycles. The second kappa shape index (κ2) is 7.95. The molecule has 3 nitrogen and oxygen atoms in total. The second-order valence-electron chi connectivity index (χ2n) is 5.72. The van der Waals surface area contributed by atoms with Crippen LogP contribution in [0, 0.1) is 0 Å². The van der Waals surface area contributed by atoms with E-state index in [1.165, 1.54) is 5.56 Å². The van der Waals surface area contributed by atoms with Crippen LogP contribution in [0.15, 0.2) is 28.7 Å². The molecule has 1 aromatic rings. The number of hydrogen-bond donors (Lipinski definition) is 0. The van der Waals surface area contributed by atoms with E-state index in [0.717, 1.165) is 49.9 Å². The van der Waals surface area contributed by atoms with E-state index in [2.05, 4.69) is 52.9 Å². The van der Waals surface area contributed by atoms with Crippen LogP contribution in [-0.4, -0.2) is 41.9 Å². The van der Waals surface area contributed by atoms with Crippen LogP contribution in [-0.2, 0) is 4.79 Å². The summed E-state index contributed by atoms with van der Waals surface area (Å²) in [7, 11) is 0. The van der Waals surface area contributed by atoms with Crippen molar-refractivity contribution in [3.05, 3.63) is 34.3 Å². The van der Waals surface area contributed by atoms with Gasteiger partial charge in [0.25, 0.3) is 0 Å². The highest BCUT2D eigenvalue weighted by Crippen LogP contribution is 2.27.